The largest absolute Gasteiger partial charge is 0.310 e. The van der Waals surface area contributed by atoms with Crippen molar-refractivity contribution in [2.75, 3.05) is 4.90 Å². The molecule has 46 heavy (non-hydrogen) atoms. The van der Waals surface area contributed by atoms with Crippen LogP contribution in [0.5, 0.6) is 0 Å². The van der Waals surface area contributed by atoms with Gasteiger partial charge in [0.15, 0.2) is 0 Å². The lowest BCUT2D eigenvalue weighted by molar-refractivity contribution is 1.29. The number of rotatable bonds is 5. The molecule has 0 bridgehead atoms. The molecule has 1 aromatic heterocycles. The van der Waals surface area contributed by atoms with Crippen molar-refractivity contribution in [1.29, 1.82) is 0 Å². The Morgan fingerprint density at radius 3 is 1.46 bits per heavy atom. The highest BCUT2D eigenvalue weighted by molar-refractivity contribution is 7.25. The third kappa shape index (κ3) is 4.63. The van der Waals surface area contributed by atoms with Gasteiger partial charge in [0, 0.05) is 37.2 Å². The summed E-state index contributed by atoms with van der Waals surface area (Å²) in [6.45, 7) is 0. The molecule has 0 saturated heterocycles. The fourth-order valence-electron chi connectivity index (χ4n) is 6.71. The van der Waals surface area contributed by atoms with Gasteiger partial charge < -0.3 is 4.90 Å². The summed E-state index contributed by atoms with van der Waals surface area (Å²) in [6, 6.07) is 63.9. The van der Waals surface area contributed by atoms with Gasteiger partial charge in [-0.15, -0.1) is 11.3 Å². The minimum absolute atomic E-state index is 1.12. The highest BCUT2D eigenvalue weighted by Gasteiger charge is 2.15. The predicted molar refractivity (Wildman–Crippen MR) is 200 cm³/mol. The highest BCUT2D eigenvalue weighted by Crippen LogP contribution is 2.41. The minimum atomic E-state index is 1.12. The molecule has 0 unspecified atom stereocenters. The van der Waals surface area contributed by atoms with Crippen LogP contribution < -0.4 is 4.90 Å². The molecule has 0 aliphatic rings. The molecule has 0 spiro atoms. The van der Waals surface area contributed by atoms with Gasteiger partial charge in [0.2, 0.25) is 0 Å². The van der Waals surface area contributed by atoms with Gasteiger partial charge >= 0.3 is 0 Å². The molecular weight excluding hydrogens is 575 g/mol. The Morgan fingerprint density at radius 1 is 0.304 bits per heavy atom. The third-order valence-corrected chi connectivity index (χ3v) is 10.2. The van der Waals surface area contributed by atoms with Crippen molar-refractivity contribution < 1.29 is 0 Å². The Kier molecular flexibility index (Phi) is 6.40. The quantitative estimate of drug-likeness (QED) is 0.177. The summed E-state index contributed by atoms with van der Waals surface area (Å²) in [4.78, 5) is 2.38. The van der Waals surface area contributed by atoms with E-state index in [-0.39, 0.29) is 0 Å². The first-order valence-electron chi connectivity index (χ1n) is 15.7. The van der Waals surface area contributed by atoms with Crippen LogP contribution in [0.1, 0.15) is 0 Å². The summed E-state index contributed by atoms with van der Waals surface area (Å²) >= 11 is 1.88. The van der Waals surface area contributed by atoms with Crippen LogP contribution >= 0.6 is 11.3 Å². The second-order valence-corrected chi connectivity index (χ2v) is 12.9. The van der Waals surface area contributed by atoms with E-state index in [9.17, 15) is 0 Å². The Morgan fingerprint density at radius 2 is 0.804 bits per heavy atom. The summed E-state index contributed by atoms with van der Waals surface area (Å²) in [5.74, 6) is 0. The lowest BCUT2D eigenvalue weighted by atomic mass is 9.98. The van der Waals surface area contributed by atoms with E-state index >= 15 is 0 Å². The molecule has 8 aromatic carbocycles. The number of thiophene rings is 1. The maximum atomic E-state index is 2.41. The number of fused-ring (bicyclic) bond motifs is 6. The second-order valence-electron chi connectivity index (χ2n) is 11.8. The second kappa shape index (κ2) is 11.0. The third-order valence-electron chi connectivity index (χ3n) is 9.04. The zero-order chi connectivity index (χ0) is 30.5. The monoisotopic (exact) mass is 603 g/mol. The first kappa shape index (κ1) is 26.7. The Bertz CT molecular complexity index is 2410. The van der Waals surface area contributed by atoms with E-state index in [1.165, 1.54) is 64.0 Å². The molecule has 0 atom stereocenters. The maximum Gasteiger partial charge on any atom is 0.0468 e. The number of hydrogen-bond acceptors (Lipinski definition) is 2. The van der Waals surface area contributed by atoms with Crippen LogP contribution in [0.4, 0.5) is 17.1 Å². The van der Waals surface area contributed by atoms with E-state index in [2.05, 4.69) is 181 Å². The Labute approximate surface area is 272 Å². The Balaban J connectivity index is 1.22. The normalized spacial score (nSPS) is 11.5. The summed E-state index contributed by atoms with van der Waals surface area (Å²) < 4.78 is 2.67. The highest BCUT2D eigenvalue weighted by atomic mass is 32.1. The molecular formula is C44H29NS. The van der Waals surface area contributed by atoms with Gasteiger partial charge in [-0.3, -0.25) is 0 Å². The summed E-state index contributed by atoms with van der Waals surface area (Å²) in [5.41, 5.74) is 8.24. The van der Waals surface area contributed by atoms with E-state index < -0.39 is 0 Å². The predicted octanol–water partition coefficient (Wildman–Crippen LogP) is 13.2. The Hall–Kier alpha value is -5.70. The maximum absolute atomic E-state index is 2.41. The van der Waals surface area contributed by atoms with E-state index in [4.69, 9.17) is 0 Å². The smallest absolute Gasteiger partial charge is 0.0468 e. The molecule has 9 aromatic rings. The van der Waals surface area contributed by atoms with Crippen LogP contribution in [0.15, 0.2) is 176 Å². The number of anilines is 3. The molecule has 9 rings (SSSR count). The van der Waals surface area contributed by atoms with Crippen LogP contribution in [0.3, 0.4) is 0 Å². The van der Waals surface area contributed by atoms with Crippen LogP contribution in [0.2, 0.25) is 0 Å². The molecule has 2 heteroatoms. The number of benzene rings is 8. The zero-order valence-corrected chi connectivity index (χ0v) is 25.9. The van der Waals surface area contributed by atoms with Gasteiger partial charge in [-0.05, 0) is 98.4 Å². The van der Waals surface area contributed by atoms with Crippen molar-refractivity contribution in [2.45, 2.75) is 0 Å². The van der Waals surface area contributed by atoms with Crippen LogP contribution in [0, 0.1) is 0 Å². The van der Waals surface area contributed by atoms with E-state index in [1.807, 2.05) is 11.3 Å². The van der Waals surface area contributed by atoms with Gasteiger partial charge in [0.25, 0.3) is 0 Å². The summed E-state index contributed by atoms with van der Waals surface area (Å²) in [5, 5.41) is 7.73. The van der Waals surface area contributed by atoms with Gasteiger partial charge in [0.05, 0.1) is 0 Å². The topological polar surface area (TPSA) is 3.24 Å². The van der Waals surface area contributed by atoms with Crippen LogP contribution in [-0.4, -0.2) is 0 Å². The van der Waals surface area contributed by atoms with Crippen molar-refractivity contribution in [3.8, 4) is 22.3 Å². The number of hydrogen-bond donors (Lipinski definition) is 0. The SMILES string of the molecule is c1ccc(-c2ccc(N(c3ccc(-c4ccccc4)cc3)c3ccc4ccc5cc6sc7ccccc7c6cc5c4c3)cc2)cc1. The fraction of sp³-hybridized carbons (Fsp3) is 0. The average Bonchev–Trinajstić information content (AvgIpc) is 3.49. The van der Waals surface area contributed by atoms with Crippen molar-refractivity contribution in [3.05, 3.63) is 176 Å². The first-order chi connectivity index (χ1) is 22.8. The summed E-state index contributed by atoms with van der Waals surface area (Å²) in [6.07, 6.45) is 0. The molecule has 1 nitrogen and oxygen atoms in total. The lowest BCUT2D eigenvalue weighted by Crippen LogP contribution is -2.09. The van der Waals surface area contributed by atoms with Gasteiger partial charge in [0.1, 0.15) is 0 Å². The molecule has 0 aliphatic heterocycles. The van der Waals surface area contributed by atoms with Gasteiger partial charge in [-0.2, -0.15) is 0 Å². The number of nitrogens with zero attached hydrogens (tertiary/aromatic N) is 1. The molecule has 0 aliphatic carbocycles. The molecule has 0 amide bonds. The molecule has 1 heterocycles. The minimum Gasteiger partial charge on any atom is -0.310 e. The van der Waals surface area contributed by atoms with Crippen molar-refractivity contribution in [1.82, 2.24) is 0 Å². The lowest BCUT2D eigenvalue weighted by Gasteiger charge is -2.26. The van der Waals surface area contributed by atoms with Crippen LogP contribution in [-0.2, 0) is 0 Å². The van der Waals surface area contributed by atoms with Crippen molar-refractivity contribution in [2.24, 2.45) is 0 Å². The molecule has 0 radical (unpaired) electrons. The van der Waals surface area contributed by atoms with E-state index in [0.717, 1.165) is 17.1 Å². The van der Waals surface area contributed by atoms with Gasteiger partial charge in [-0.1, -0.05) is 121 Å². The molecule has 0 fully saturated rings. The van der Waals surface area contributed by atoms with Crippen LogP contribution in [0.25, 0.3) is 64.0 Å². The zero-order valence-electron chi connectivity index (χ0n) is 25.1. The van der Waals surface area contributed by atoms with Crippen molar-refractivity contribution in [3.63, 3.8) is 0 Å². The standard InChI is InChI=1S/C44H29NS/c1-3-9-30(10-4-1)32-17-22-36(23-18-32)45(37-24-19-33(20-25-37)31-11-5-2-6-12-31)38-26-21-34-15-16-35-27-44-42(29-41(35)40(34)28-38)39-13-7-8-14-43(39)46-44/h1-29H. The van der Waals surface area contributed by atoms with E-state index in [0.29, 0.717) is 0 Å². The van der Waals surface area contributed by atoms with Crippen molar-refractivity contribution >= 4 is 70.1 Å². The average molecular weight is 604 g/mol. The van der Waals surface area contributed by atoms with E-state index in [1.54, 1.807) is 0 Å². The molecule has 0 saturated carbocycles. The molecule has 0 N–H and O–H groups in total. The van der Waals surface area contributed by atoms with Gasteiger partial charge in [-0.25, -0.2) is 0 Å². The fourth-order valence-corrected chi connectivity index (χ4v) is 7.85. The first-order valence-corrected chi connectivity index (χ1v) is 16.5. The summed E-state index contributed by atoms with van der Waals surface area (Å²) in [7, 11) is 0. The molecule has 216 valence electrons.